The molecule has 3 nitrogen and oxygen atoms in total. The van der Waals surface area contributed by atoms with Crippen LogP contribution in [0.1, 0.15) is 36.0 Å². The van der Waals surface area contributed by atoms with Crippen LogP contribution in [0.2, 0.25) is 10.0 Å². The zero-order chi connectivity index (χ0) is 14.8. The summed E-state index contributed by atoms with van der Waals surface area (Å²) in [4.78, 5) is 14.8. The van der Waals surface area contributed by atoms with Gasteiger partial charge in [-0.25, -0.2) is 0 Å². The summed E-state index contributed by atoms with van der Waals surface area (Å²) >= 11 is 12.1. The zero-order valence-electron chi connectivity index (χ0n) is 11.9. The van der Waals surface area contributed by atoms with Crippen molar-refractivity contribution in [3.8, 4) is 0 Å². The number of piperidine rings is 1. The fraction of sp³-hybridized carbons (Fsp3) is 0.562. The van der Waals surface area contributed by atoms with Crippen LogP contribution in [0.3, 0.4) is 0 Å². The molecule has 0 unspecified atom stereocenters. The molecule has 5 heteroatoms. The van der Waals surface area contributed by atoms with Gasteiger partial charge in [-0.05, 0) is 62.9 Å². The van der Waals surface area contributed by atoms with Gasteiger partial charge in [0.05, 0.1) is 10.6 Å². The topological polar surface area (TPSA) is 32.3 Å². The Morgan fingerprint density at radius 3 is 2.52 bits per heavy atom. The SMILES string of the molecule is O=C(c1ccc(Cl)cc1Cl)N(CC1CCNCC1)C1CC1. The number of hydrogen-bond donors (Lipinski definition) is 1. The summed E-state index contributed by atoms with van der Waals surface area (Å²) in [6.07, 6.45) is 4.51. The predicted octanol–water partition coefficient (Wildman–Crippen LogP) is 3.60. The van der Waals surface area contributed by atoms with Gasteiger partial charge in [-0.15, -0.1) is 0 Å². The smallest absolute Gasteiger partial charge is 0.255 e. The van der Waals surface area contributed by atoms with E-state index in [-0.39, 0.29) is 5.91 Å². The second-order valence-electron chi connectivity index (χ2n) is 6.01. The number of carbonyl (C=O) groups excluding carboxylic acids is 1. The van der Waals surface area contributed by atoms with E-state index in [2.05, 4.69) is 5.32 Å². The van der Waals surface area contributed by atoms with Gasteiger partial charge in [0.2, 0.25) is 0 Å². The van der Waals surface area contributed by atoms with E-state index in [9.17, 15) is 4.79 Å². The third-order valence-corrected chi connectivity index (χ3v) is 4.87. The molecule has 21 heavy (non-hydrogen) atoms. The largest absolute Gasteiger partial charge is 0.335 e. The molecule has 2 aliphatic rings. The molecule has 1 aromatic carbocycles. The van der Waals surface area contributed by atoms with E-state index in [1.54, 1.807) is 18.2 Å². The third kappa shape index (κ3) is 3.71. The molecule has 1 N–H and O–H groups in total. The van der Waals surface area contributed by atoms with Crippen LogP contribution in [0.25, 0.3) is 0 Å². The summed E-state index contributed by atoms with van der Waals surface area (Å²) in [6, 6.07) is 5.52. The van der Waals surface area contributed by atoms with Gasteiger partial charge in [0.25, 0.3) is 5.91 Å². The normalized spacial score (nSPS) is 19.5. The Morgan fingerprint density at radius 1 is 1.19 bits per heavy atom. The van der Waals surface area contributed by atoms with Gasteiger partial charge in [-0.3, -0.25) is 4.79 Å². The lowest BCUT2D eigenvalue weighted by Crippen LogP contribution is -2.40. The van der Waals surface area contributed by atoms with Gasteiger partial charge in [-0.1, -0.05) is 23.2 Å². The van der Waals surface area contributed by atoms with Crippen LogP contribution < -0.4 is 5.32 Å². The maximum Gasteiger partial charge on any atom is 0.255 e. The van der Waals surface area contributed by atoms with Crippen LogP contribution in [-0.2, 0) is 0 Å². The van der Waals surface area contributed by atoms with Crippen molar-refractivity contribution in [3.63, 3.8) is 0 Å². The summed E-state index contributed by atoms with van der Waals surface area (Å²) in [5.41, 5.74) is 0.571. The fourth-order valence-electron chi connectivity index (χ4n) is 2.94. The molecule has 3 rings (SSSR count). The molecule has 1 heterocycles. The fourth-order valence-corrected chi connectivity index (χ4v) is 3.43. The highest BCUT2D eigenvalue weighted by atomic mass is 35.5. The van der Waals surface area contributed by atoms with Crippen molar-refractivity contribution in [1.29, 1.82) is 0 Å². The number of rotatable bonds is 4. The standard InChI is InChI=1S/C16H20Cl2N2O/c17-12-1-4-14(15(18)9-12)16(21)20(13-2-3-13)10-11-5-7-19-8-6-11/h1,4,9,11,13,19H,2-3,5-8,10H2. The molecule has 0 aromatic heterocycles. The minimum atomic E-state index is 0.0534. The van der Waals surface area contributed by atoms with E-state index < -0.39 is 0 Å². The molecular weight excluding hydrogens is 307 g/mol. The van der Waals surface area contributed by atoms with Crippen molar-refractivity contribution in [2.24, 2.45) is 5.92 Å². The molecule has 1 saturated heterocycles. The van der Waals surface area contributed by atoms with Crippen molar-refractivity contribution in [2.45, 2.75) is 31.7 Å². The first-order valence-corrected chi connectivity index (χ1v) is 8.37. The molecule has 1 aliphatic heterocycles. The summed E-state index contributed by atoms with van der Waals surface area (Å²) in [5, 5.41) is 4.38. The molecule has 1 saturated carbocycles. The Labute approximate surface area is 135 Å². The molecule has 1 aliphatic carbocycles. The van der Waals surface area contributed by atoms with Crippen molar-refractivity contribution in [2.75, 3.05) is 19.6 Å². The monoisotopic (exact) mass is 326 g/mol. The Balaban J connectivity index is 1.75. The van der Waals surface area contributed by atoms with Crippen LogP contribution in [-0.4, -0.2) is 36.5 Å². The van der Waals surface area contributed by atoms with E-state index in [4.69, 9.17) is 23.2 Å². The number of amides is 1. The van der Waals surface area contributed by atoms with Gasteiger partial charge >= 0.3 is 0 Å². The number of carbonyl (C=O) groups is 1. The van der Waals surface area contributed by atoms with Crippen LogP contribution in [0, 0.1) is 5.92 Å². The highest BCUT2D eigenvalue weighted by molar-refractivity contribution is 6.36. The molecule has 114 valence electrons. The molecular formula is C16H20Cl2N2O. The van der Waals surface area contributed by atoms with Crippen LogP contribution >= 0.6 is 23.2 Å². The van der Waals surface area contributed by atoms with Crippen LogP contribution in [0.4, 0.5) is 0 Å². The first-order valence-electron chi connectivity index (χ1n) is 7.62. The lowest BCUT2D eigenvalue weighted by molar-refractivity contribution is 0.0702. The minimum absolute atomic E-state index is 0.0534. The van der Waals surface area contributed by atoms with Crippen LogP contribution in [0.15, 0.2) is 18.2 Å². The van der Waals surface area contributed by atoms with E-state index >= 15 is 0 Å². The second-order valence-corrected chi connectivity index (χ2v) is 6.85. The number of benzene rings is 1. The summed E-state index contributed by atoms with van der Waals surface area (Å²) in [6.45, 7) is 2.96. The van der Waals surface area contributed by atoms with Gasteiger partial charge in [-0.2, -0.15) is 0 Å². The Morgan fingerprint density at radius 2 is 1.90 bits per heavy atom. The van der Waals surface area contributed by atoms with Crippen LogP contribution in [0.5, 0.6) is 0 Å². The maximum absolute atomic E-state index is 12.8. The second kappa shape index (κ2) is 6.55. The molecule has 0 spiro atoms. The number of halogens is 2. The number of hydrogen-bond acceptors (Lipinski definition) is 2. The van der Waals surface area contributed by atoms with Gasteiger partial charge in [0, 0.05) is 17.6 Å². The summed E-state index contributed by atoms with van der Waals surface area (Å²) < 4.78 is 0. The lowest BCUT2D eigenvalue weighted by Gasteiger charge is -2.30. The molecule has 0 bridgehead atoms. The number of nitrogens with one attached hydrogen (secondary N) is 1. The maximum atomic E-state index is 12.8. The van der Waals surface area contributed by atoms with Gasteiger partial charge < -0.3 is 10.2 Å². The third-order valence-electron chi connectivity index (χ3n) is 4.32. The quantitative estimate of drug-likeness (QED) is 0.916. The highest BCUT2D eigenvalue weighted by Crippen LogP contribution is 2.32. The Hall–Kier alpha value is -0.770. The number of nitrogens with zero attached hydrogens (tertiary/aromatic N) is 1. The Kier molecular flexibility index (Phi) is 4.72. The van der Waals surface area contributed by atoms with Gasteiger partial charge in [0.15, 0.2) is 0 Å². The minimum Gasteiger partial charge on any atom is -0.335 e. The van der Waals surface area contributed by atoms with Crippen molar-refractivity contribution in [1.82, 2.24) is 10.2 Å². The van der Waals surface area contributed by atoms with Crippen molar-refractivity contribution < 1.29 is 4.79 Å². The van der Waals surface area contributed by atoms with E-state index in [0.29, 0.717) is 27.6 Å². The summed E-state index contributed by atoms with van der Waals surface area (Å²) in [7, 11) is 0. The zero-order valence-corrected chi connectivity index (χ0v) is 13.5. The highest BCUT2D eigenvalue weighted by Gasteiger charge is 2.35. The predicted molar refractivity (Wildman–Crippen MR) is 86.1 cm³/mol. The molecule has 0 radical (unpaired) electrons. The Bertz CT molecular complexity index is 525. The van der Waals surface area contributed by atoms with E-state index in [1.165, 1.54) is 0 Å². The first-order chi connectivity index (χ1) is 10.1. The molecule has 0 atom stereocenters. The summed E-state index contributed by atoms with van der Waals surface area (Å²) in [5.74, 6) is 0.652. The van der Waals surface area contributed by atoms with Crippen molar-refractivity contribution in [3.05, 3.63) is 33.8 Å². The van der Waals surface area contributed by atoms with E-state index in [1.807, 2.05) is 4.90 Å². The van der Waals surface area contributed by atoms with Gasteiger partial charge in [0.1, 0.15) is 0 Å². The average molecular weight is 327 g/mol. The molecule has 1 aromatic rings. The average Bonchev–Trinajstić information content (AvgIpc) is 3.30. The van der Waals surface area contributed by atoms with E-state index in [0.717, 1.165) is 45.3 Å². The first kappa shape index (κ1) is 15.1. The van der Waals surface area contributed by atoms with Crippen molar-refractivity contribution >= 4 is 29.1 Å². The molecule has 1 amide bonds. The lowest BCUT2D eigenvalue weighted by atomic mass is 9.97. The molecule has 2 fully saturated rings.